The highest BCUT2D eigenvalue weighted by Crippen LogP contribution is 2.24. The molecule has 1 rings (SSSR count). The van der Waals surface area contributed by atoms with Crippen LogP contribution in [0.15, 0.2) is 29.3 Å². The maximum Gasteiger partial charge on any atom is 0.455 e. The number of allylic oxidation sites excluding steroid dienone is 1. The van der Waals surface area contributed by atoms with Crippen LogP contribution in [0.25, 0.3) is 0 Å². The van der Waals surface area contributed by atoms with E-state index in [4.69, 9.17) is 0 Å². The molecule has 0 aliphatic rings. The minimum atomic E-state index is -5.06. The first kappa shape index (κ1) is 14.4. The van der Waals surface area contributed by atoms with Crippen LogP contribution in [0.3, 0.4) is 0 Å². The Kier molecular flexibility index (Phi) is 4.28. The Morgan fingerprint density at radius 2 is 1.94 bits per heavy atom. The van der Waals surface area contributed by atoms with E-state index in [-0.39, 0.29) is 4.88 Å². The summed E-state index contributed by atoms with van der Waals surface area (Å²) in [6.07, 6.45) is -4.17. The van der Waals surface area contributed by atoms with Gasteiger partial charge in [0.05, 0.1) is 10.5 Å². The Labute approximate surface area is 106 Å². The lowest BCUT2D eigenvalue weighted by molar-refractivity contribution is -0.166. The van der Waals surface area contributed by atoms with Gasteiger partial charge in [0.25, 0.3) is 5.78 Å². The molecule has 0 spiro atoms. The molecule has 0 unspecified atom stereocenters. The standard InChI is InChI=1S/C11H10F3NO2S/c1-15(2)6-7(10(17)11(12,13)14)9(16)8-4-3-5-18-8/h3-6H,1-2H3. The van der Waals surface area contributed by atoms with Crippen molar-refractivity contribution in [2.24, 2.45) is 0 Å². The second kappa shape index (κ2) is 5.34. The van der Waals surface area contributed by atoms with Crippen molar-refractivity contribution in [2.45, 2.75) is 6.18 Å². The predicted molar refractivity (Wildman–Crippen MR) is 61.5 cm³/mol. The summed E-state index contributed by atoms with van der Waals surface area (Å²) in [6, 6.07) is 2.91. The number of halogens is 3. The second-order valence-corrected chi connectivity index (χ2v) is 4.59. The molecular formula is C11H10F3NO2S. The van der Waals surface area contributed by atoms with Gasteiger partial charge in [-0.1, -0.05) is 6.07 Å². The highest BCUT2D eigenvalue weighted by molar-refractivity contribution is 7.12. The highest BCUT2D eigenvalue weighted by Gasteiger charge is 2.43. The van der Waals surface area contributed by atoms with Crippen molar-refractivity contribution in [3.05, 3.63) is 34.2 Å². The molecule has 0 N–H and O–H groups in total. The third-order valence-electron chi connectivity index (χ3n) is 1.88. The molecular weight excluding hydrogens is 267 g/mol. The first-order valence-corrected chi connectivity index (χ1v) is 5.69. The van der Waals surface area contributed by atoms with Gasteiger partial charge in [-0.25, -0.2) is 0 Å². The average Bonchev–Trinajstić information content (AvgIpc) is 2.75. The molecule has 1 aromatic heterocycles. The van der Waals surface area contributed by atoms with Crippen molar-refractivity contribution >= 4 is 22.9 Å². The number of hydrogen-bond acceptors (Lipinski definition) is 4. The van der Waals surface area contributed by atoms with Gasteiger partial charge < -0.3 is 4.90 Å². The summed E-state index contributed by atoms with van der Waals surface area (Å²) in [5, 5.41) is 1.55. The molecule has 3 nitrogen and oxygen atoms in total. The zero-order valence-electron chi connectivity index (χ0n) is 9.62. The van der Waals surface area contributed by atoms with E-state index in [2.05, 4.69) is 0 Å². The first-order valence-electron chi connectivity index (χ1n) is 4.81. The van der Waals surface area contributed by atoms with Gasteiger partial charge in [-0.15, -0.1) is 11.3 Å². The SMILES string of the molecule is CN(C)C=C(C(=O)c1cccs1)C(=O)C(F)(F)F. The fourth-order valence-corrected chi connectivity index (χ4v) is 1.85. The zero-order valence-corrected chi connectivity index (χ0v) is 10.4. The van der Waals surface area contributed by atoms with E-state index in [0.717, 1.165) is 17.5 Å². The van der Waals surface area contributed by atoms with Crippen molar-refractivity contribution in [1.82, 2.24) is 4.90 Å². The maximum atomic E-state index is 12.4. The normalized spacial score (nSPS) is 12.4. The van der Waals surface area contributed by atoms with E-state index in [0.29, 0.717) is 0 Å². The summed E-state index contributed by atoms with van der Waals surface area (Å²) < 4.78 is 37.2. The number of thiophene rings is 1. The largest absolute Gasteiger partial charge is 0.455 e. The van der Waals surface area contributed by atoms with Crippen molar-refractivity contribution in [1.29, 1.82) is 0 Å². The van der Waals surface area contributed by atoms with Gasteiger partial charge in [-0.05, 0) is 11.4 Å². The summed E-state index contributed by atoms with van der Waals surface area (Å²) in [5.74, 6) is -3.05. The number of nitrogens with zero attached hydrogens (tertiary/aromatic N) is 1. The summed E-state index contributed by atoms with van der Waals surface area (Å²) in [4.78, 5) is 24.3. The number of hydrogen-bond donors (Lipinski definition) is 0. The van der Waals surface area contributed by atoms with Crippen LogP contribution >= 0.6 is 11.3 Å². The molecule has 0 fully saturated rings. The Morgan fingerprint density at radius 1 is 1.33 bits per heavy atom. The molecule has 0 aliphatic heterocycles. The minimum absolute atomic E-state index is 0.0979. The van der Waals surface area contributed by atoms with Gasteiger partial charge in [0.15, 0.2) is 0 Å². The number of alkyl halides is 3. The molecule has 18 heavy (non-hydrogen) atoms. The molecule has 0 aliphatic carbocycles. The molecule has 0 atom stereocenters. The third-order valence-corrected chi connectivity index (χ3v) is 2.75. The van der Waals surface area contributed by atoms with Crippen LogP contribution in [0.5, 0.6) is 0 Å². The van der Waals surface area contributed by atoms with E-state index in [9.17, 15) is 22.8 Å². The monoisotopic (exact) mass is 277 g/mol. The molecule has 0 aromatic carbocycles. The quantitative estimate of drug-likeness (QED) is 0.367. The van der Waals surface area contributed by atoms with Gasteiger partial charge in [-0.3, -0.25) is 9.59 Å². The van der Waals surface area contributed by atoms with Crippen LogP contribution in [-0.4, -0.2) is 36.7 Å². The van der Waals surface area contributed by atoms with E-state index in [1.165, 1.54) is 31.1 Å². The van der Waals surface area contributed by atoms with Crippen molar-refractivity contribution in [2.75, 3.05) is 14.1 Å². The molecule has 0 saturated carbocycles. The predicted octanol–water partition coefficient (Wildman–Crippen LogP) is 2.51. The topological polar surface area (TPSA) is 37.4 Å². The van der Waals surface area contributed by atoms with Gasteiger partial charge in [0, 0.05) is 20.3 Å². The molecule has 0 saturated heterocycles. The van der Waals surface area contributed by atoms with E-state index in [1.807, 2.05) is 0 Å². The molecule has 1 heterocycles. The van der Waals surface area contributed by atoms with E-state index >= 15 is 0 Å². The summed E-state index contributed by atoms with van der Waals surface area (Å²) in [6.45, 7) is 0. The van der Waals surface area contributed by atoms with Crippen LogP contribution in [0, 0.1) is 0 Å². The lowest BCUT2D eigenvalue weighted by atomic mass is 10.1. The first-order chi connectivity index (χ1) is 8.23. The van der Waals surface area contributed by atoms with Gasteiger partial charge in [0.1, 0.15) is 0 Å². The Balaban J connectivity index is 3.16. The van der Waals surface area contributed by atoms with Crippen LogP contribution in [0.1, 0.15) is 9.67 Å². The van der Waals surface area contributed by atoms with Crippen LogP contribution in [0.4, 0.5) is 13.2 Å². The molecule has 0 amide bonds. The Bertz CT molecular complexity index is 475. The number of rotatable bonds is 4. The zero-order chi connectivity index (χ0) is 13.9. The van der Waals surface area contributed by atoms with Crippen molar-refractivity contribution in [3.63, 3.8) is 0 Å². The van der Waals surface area contributed by atoms with Crippen LogP contribution < -0.4 is 0 Å². The molecule has 98 valence electrons. The lowest BCUT2D eigenvalue weighted by Gasteiger charge is -2.11. The molecule has 0 bridgehead atoms. The van der Waals surface area contributed by atoms with Gasteiger partial charge >= 0.3 is 6.18 Å². The van der Waals surface area contributed by atoms with E-state index in [1.54, 1.807) is 5.38 Å². The summed E-state index contributed by atoms with van der Waals surface area (Å²) in [5.41, 5.74) is -0.880. The third kappa shape index (κ3) is 3.43. The highest BCUT2D eigenvalue weighted by atomic mass is 32.1. The van der Waals surface area contributed by atoms with E-state index < -0.39 is 23.3 Å². The minimum Gasteiger partial charge on any atom is -0.383 e. The molecule has 1 aromatic rings. The van der Waals surface area contributed by atoms with Crippen molar-refractivity contribution in [3.8, 4) is 0 Å². The lowest BCUT2D eigenvalue weighted by Crippen LogP contribution is -2.29. The number of Topliss-reactive ketones (excluding diaryl/α,β-unsaturated/α-hetero) is 2. The average molecular weight is 277 g/mol. The van der Waals surface area contributed by atoms with Crippen LogP contribution in [0.2, 0.25) is 0 Å². The summed E-state index contributed by atoms with van der Waals surface area (Å²) in [7, 11) is 2.87. The second-order valence-electron chi connectivity index (χ2n) is 3.64. The van der Waals surface area contributed by atoms with Gasteiger partial charge in [-0.2, -0.15) is 13.2 Å². The van der Waals surface area contributed by atoms with Crippen LogP contribution in [-0.2, 0) is 4.79 Å². The molecule has 0 radical (unpaired) electrons. The number of ketones is 2. The Hall–Kier alpha value is -1.63. The fourth-order valence-electron chi connectivity index (χ4n) is 1.17. The molecule has 7 heteroatoms. The fraction of sp³-hybridized carbons (Fsp3) is 0.273. The Morgan fingerprint density at radius 3 is 2.33 bits per heavy atom. The number of carbonyl (C=O) groups is 2. The number of carbonyl (C=O) groups excluding carboxylic acids is 2. The van der Waals surface area contributed by atoms with Crippen molar-refractivity contribution < 1.29 is 22.8 Å². The van der Waals surface area contributed by atoms with Gasteiger partial charge in [0.2, 0.25) is 5.78 Å². The summed E-state index contributed by atoms with van der Waals surface area (Å²) >= 11 is 0.986. The smallest absolute Gasteiger partial charge is 0.383 e. The maximum absolute atomic E-state index is 12.4.